The Bertz CT molecular complexity index is 467. The number of nitrogens with one attached hydrogen (secondary N) is 2. The van der Waals surface area contributed by atoms with Gasteiger partial charge in [0.1, 0.15) is 6.04 Å². The van der Waals surface area contributed by atoms with Crippen molar-refractivity contribution in [2.45, 2.75) is 32.2 Å². The predicted molar refractivity (Wildman–Crippen MR) is 91.8 cm³/mol. The van der Waals surface area contributed by atoms with Crippen LogP contribution in [0.4, 0.5) is 0 Å². The molecule has 1 atom stereocenters. The summed E-state index contributed by atoms with van der Waals surface area (Å²) in [5.74, 6) is -0.0472. The molecule has 1 unspecified atom stereocenters. The lowest BCUT2D eigenvalue weighted by atomic mass is 10.0. The lowest BCUT2D eigenvalue weighted by molar-refractivity contribution is -0.126. The second-order valence-electron chi connectivity index (χ2n) is 5.13. The van der Waals surface area contributed by atoms with Crippen LogP contribution in [0.15, 0.2) is 17.5 Å². The summed E-state index contributed by atoms with van der Waals surface area (Å²) in [6.07, 6.45) is 2.72. The molecular formula is C15H24ClN3O2S. The minimum Gasteiger partial charge on any atom is -0.353 e. The second kappa shape index (κ2) is 9.82. The van der Waals surface area contributed by atoms with Crippen molar-refractivity contribution in [3.05, 3.63) is 22.4 Å². The van der Waals surface area contributed by atoms with Gasteiger partial charge in [0.05, 0.1) is 4.88 Å². The monoisotopic (exact) mass is 345 g/mol. The molecule has 0 aliphatic carbocycles. The minimum atomic E-state index is -0.324. The number of piperidine rings is 1. The number of carbonyl (C=O) groups excluding carboxylic acids is 2. The Hall–Kier alpha value is -1.11. The van der Waals surface area contributed by atoms with Crippen LogP contribution in [0.25, 0.3) is 0 Å². The molecule has 1 aliphatic heterocycles. The molecule has 1 aliphatic rings. The molecule has 0 saturated carbocycles. The van der Waals surface area contributed by atoms with Gasteiger partial charge in [-0.15, -0.1) is 23.7 Å². The molecule has 2 heterocycles. The van der Waals surface area contributed by atoms with Gasteiger partial charge in [-0.1, -0.05) is 13.0 Å². The first kappa shape index (κ1) is 18.9. The maximum absolute atomic E-state index is 12.5. The standard InChI is InChI=1S/C15H23N3O2S.ClH/c1-2-16-8-9-17-14(19)12-6-3-4-10-18(12)15(20)13-7-5-11-21-13;/h5,7,11-12,16H,2-4,6,8-10H2,1H3,(H,17,19);1H. The molecule has 0 spiro atoms. The molecule has 22 heavy (non-hydrogen) atoms. The third kappa shape index (κ3) is 4.97. The molecule has 0 bridgehead atoms. The Morgan fingerprint density at radius 3 is 2.86 bits per heavy atom. The first-order valence-corrected chi connectivity index (χ1v) is 8.45. The Kier molecular flexibility index (Phi) is 8.45. The van der Waals surface area contributed by atoms with E-state index >= 15 is 0 Å². The number of likely N-dealkylation sites (tertiary alicyclic amines) is 1. The number of likely N-dealkylation sites (N-methyl/N-ethyl adjacent to an activating group) is 1. The van der Waals surface area contributed by atoms with Crippen LogP contribution >= 0.6 is 23.7 Å². The first-order valence-electron chi connectivity index (χ1n) is 7.57. The third-order valence-electron chi connectivity index (χ3n) is 3.65. The quantitative estimate of drug-likeness (QED) is 0.774. The summed E-state index contributed by atoms with van der Waals surface area (Å²) < 4.78 is 0. The maximum Gasteiger partial charge on any atom is 0.264 e. The highest BCUT2D eigenvalue weighted by atomic mass is 35.5. The first-order chi connectivity index (χ1) is 10.2. The van der Waals surface area contributed by atoms with E-state index in [1.165, 1.54) is 11.3 Å². The minimum absolute atomic E-state index is 0. The van der Waals surface area contributed by atoms with Gasteiger partial charge < -0.3 is 15.5 Å². The van der Waals surface area contributed by atoms with Crippen LogP contribution in [0.2, 0.25) is 0 Å². The topological polar surface area (TPSA) is 61.4 Å². The summed E-state index contributed by atoms with van der Waals surface area (Å²) in [4.78, 5) is 27.3. The second-order valence-corrected chi connectivity index (χ2v) is 6.08. The van der Waals surface area contributed by atoms with Crippen molar-refractivity contribution in [1.29, 1.82) is 0 Å². The summed E-state index contributed by atoms with van der Waals surface area (Å²) in [5.41, 5.74) is 0. The van der Waals surface area contributed by atoms with Crippen molar-refractivity contribution in [3.8, 4) is 0 Å². The van der Waals surface area contributed by atoms with E-state index in [0.717, 1.165) is 32.4 Å². The van der Waals surface area contributed by atoms with Crippen molar-refractivity contribution in [3.63, 3.8) is 0 Å². The van der Waals surface area contributed by atoms with E-state index in [9.17, 15) is 9.59 Å². The number of nitrogens with zero attached hydrogens (tertiary/aromatic N) is 1. The Balaban J connectivity index is 0.00000242. The zero-order valence-electron chi connectivity index (χ0n) is 12.8. The molecule has 1 aromatic heterocycles. The third-order valence-corrected chi connectivity index (χ3v) is 4.51. The highest BCUT2D eigenvalue weighted by molar-refractivity contribution is 7.12. The van der Waals surface area contributed by atoms with E-state index < -0.39 is 0 Å². The SMILES string of the molecule is CCNCCNC(=O)C1CCCCN1C(=O)c1cccs1.Cl. The Morgan fingerprint density at radius 2 is 2.18 bits per heavy atom. The van der Waals surface area contributed by atoms with Crippen molar-refractivity contribution >= 4 is 35.6 Å². The van der Waals surface area contributed by atoms with E-state index in [2.05, 4.69) is 10.6 Å². The van der Waals surface area contributed by atoms with Crippen LogP contribution in [0.1, 0.15) is 35.9 Å². The van der Waals surface area contributed by atoms with Gasteiger partial charge in [0.25, 0.3) is 5.91 Å². The van der Waals surface area contributed by atoms with Crippen molar-refractivity contribution in [2.24, 2.45) is 0 Å². The molecule has 5 nitrogen and oxygen atoms in total. The maximum atomic E-state index is 12.5. The number of thiophene rings is 1. The van der Waals surface area contributed by atoms with Gasteiger partial charge in [-0.05, 0) is 37.3 Å². The van der Waals surface area contributed by atoms with E-state index in [0.29, 0.717) is 18.0 Å². The van der Waals surface area contributed by atoms with Gasteiger partial charge in [0, 0.05) is 19.6 Å². The average Bonchev–Trinajstić information content (AvgIpc) is 3.05. The van der Waals surface area contributed by atoms with Gasteiger partial charge in [-0.2, -0.15) is 0 Å². The number of carbonyl (C=O) groups is 2. The van der Waals surface area contributed by atoms with Crippen LogP contribution in [0.5, 0.6) is 0 Å². The molecule has 1 saturated heterocycles. The lowest BCUT2D eigenvalue weighted by Crippen LogP contribution is -2.52. The summed E-state index contributed by atoms with van der Waals surface area (Å²) in [5, 5.41) is 7.99. The van der Waals surface area contributed by atoms with Crippen LogP contribution in [0, 0.1) is 0 Å². The molecule has 7 heteroatoms. The van der Waals surface area contributed by atoms with E-state index in [1.54, 1.807) is 4.90 Å². The van der Waals surface area contributed by atoms with E-state index in [-0.39, 0.29) is 30.3 Å². The van der Waals surface area contributed by atoms with Gasteiger partial charge in [0.15, 0.2) is 0 Å². The van der Waals surface area contributed by atoms with Crippen molar-refractivity contribution in [2.75, 3.05) is 26.2 Å². The molecule has 2 rings (SSSR count). The summed E-state index contributed by atoms with van der Waals surface area (Å²) in [6.45, 7) is 4.95. The highest BCUT2D eigenvalue weighted by Crippen LogP contribution is 2.21. The highest BCUT2D eigenvalue weighted by Gasteiger charge is 2.32. The molecule has 2 amide bonds. The number of hydrogen-bond donors (Lipinski definition) is 2. The van der Waals surface area contributed by atoms with Crippen LogP contribution in [0.3, 0.4) is 0 Å². The summed E-state index contributed by atoms with van der Waals surface area (Å²) >= 11 is 1.43. The summed E-state index contributed by atoms with van der Waals surface area (Å²) in [7, 11) is 0. The fourth-order valence-corrected chi connectivity index (χ4v) is 3.24. The van der Waals surface area contributed by atoms with Crippen molar-refractivity contribution in [1.82, 2.24) is 15.5 Å². The fraction of sp³-hybridized carbons (Fsp3) is 0.600. The molecule has 124 valence electrons. The number of hydrogen-bond acceptors (Lipinski definition) is 4. The lowest BCUT2D eigenvalue weighted by Gasteiger charge is -2.34. The molecule has 0 aromatic carbocycles. The molecule has 2 N–H and O–H groups in total. The number of amides is 2. The predicted octanol–water partition coefficient (Wildman–Crippen LogP) is 1.89. The Labute approximate surface area is 141 Å². The largest absolute Gasteiger partial charge is 0.353 e. The Morgan fingerprint density at radius 1 is 1.36 bits per heavy atom. The zero-order chi connectivity index (χ0) is 15.1. The summed E-state index contributed by atoms with van der Waals surface area (Å²) in [6, 6.07) is 3.37. The van der Waals surface area contributed by atoms with Crippen LogP contribution < -0.4 is 10.6 Å². The average molecular weight is 346 g/mol. The van der Waals surface area contributed by atoms with Gasteiger partial charge in [-0.3, -0.25) is 9.59 Å². The molecule has 0 radical (unpaired) electrons. The normalized spacial score (nSPS) is 17.7. The zero-order valence-corrected chi connectivity index (χ0v) is 14.5. The smallest absolute Gasteiger partial charge is 0.264 e. The molecule has 1 aromatic rings. The number of halogens is 1. The number of rotatable bonds is 6. The molecule has 1 fully saturated rings. The fourth-order valence-electron chi connectivity index (χ4n) is 2.56. The van der Waals surface area contributed by atoms with Crippen LogP contribution in [-0.4, -0.2) is 48.9 Å². The van der Waals surface area contributed by atoms with Crippen molar-refractivity contribution < 1.29 is 9.59 Å². The van der Waals surface area contributed by atoms with E-state index in [4.69, 9.17) is 0 Å². The van der Waals surface area contributed by atoms with Gasteiger partial charge >= 0.3 is 0 Å². The van der Waals surface area contributed by atoms with Crippen LogP contribution in [-0.2, 0) is 4.79 Å². The van der Waals surface area contributed by atoms with Gasteiger partial charge in [0.2, 0.25) is 5.91 Å². The van der Waals surface area contributed by atoms with Gasteiger partial charge in [-0.25, -0.2) is 0 Å². The molecular weight excluding hydrogens is 322 g/mol. The van der Waals surface area contributed by atoms with E-state index in [1.807, 2.05) is 24.4 Å².